The average Bonchev–Trinajstić information content (AvgIpc) is 2.73. The van der Waals surface area contributed by atoms with Gasteiger partial charge in [0.1, 0.15) is 22.8 Å². The van der Waals surface area contributed by atoms with Crippen LogP contribution in [0.2, 0.25) is 0 Å². The second-order valence-electron chi connectivity index (χ2n) is 5.90. The van der Waals surface area contributed by atoms with E-state index in [9.17, 15) is 14.7 Å². The molecule has 0 aliphatic rings. The van der Waals surface area contributed by atoms with Crippen molar-refractivity contribution in [2.75, 3.05) is 7.11 Å². The van der Waals surface area contributed by atoms with Crippen LogP contribution in [0, 0.1) is 0 Å². The fourth-order valence-electron chi connectivity index (χ4n) is 2.59. The van der Waals surface area contributed by atoms with Crippen molar-refractivity contribution in [3.63, 3.8) is 0 Å². The number of hydrogen-bond acceptors (Lipinski definition) is 5. The molecule has 0 aliphatic carbocycles. The maximum Gasteiger partial charge on any atom is 0.343 e. The van der Waals surface area contributed by atoms with Crippen LogP contribution in [0.1, 0.15) is 15.9 Å². The van der Waals surface area contributed by atoms with E-state index in [-0.39, 0.29) is 5.57 Å². The van der Waals surface area contributed by atoms with Crippen LogP contribution in [-0.2, 0) is 9.53 Å². The summed E-state index contributed by atoms with van der Waals surface area (Å²) in [5, 5.41) is 9.44. The zero-order chi connectivity index (χ0) is 20.6. The molecule has 146 valence electrons. The van der Waals surface area contributed by atoms with Gasteiger partial charge in [0, 0.05) is 5.56 Å². The molecule has 0 aliphatic heterocycles. The van der Waals surface area contributed by atoms with Gasteiger partial charge < -0.3 is 19.3 Å². The van der Waals surface area contributed by atoms with Crippen LogP contribution < -0.4 is 9.47 Å². The lowest BCUT2D eigenvalue weighted by molar-refractivity contribution is -0.130. The molecule has 1 N–H and O–H groups in total. The molecule has 6 heteroatoms. The summed E-state index contributed by atoms with van der Waals surface area (Å²) in [4.78, 5) is 23.9. The molecule has 0 radical (unpaired) electrons. The zero-order valence-corrected chi connectivity index (χ0v) is 15.6. The number of carboxylic acids is 1. The highest BCUT2D eigenvalue weighted by Gasteiger charge is 2.17. The minimum absolute atomic E-state index is 0.0530. The first-order valence-electron chi connectivity index (χ1n) is 8.69. The number of carbonyl (C=O) groups excluding carboxylic acids is 1. The molecular weight excluding hydrogens is 372 g/mol. The van der Waals surface area contributed by atoms with Crippen LogP contribution in [0.4, 0.5) is 0 Å². The van der Waals surface area contributed by atoms with Gasteiger partial charge in [-0.1, -0.05) is 42.5 Å². The lowest BCUT2D eigenvalue weighted by Gasteiger charge is -2.12. The van der Waals surface area contributed by atoms with E-state index in [1.165, 1.54) is 13.2 Å². The Balaban J connectivity index is 1.85. The Bertz CT molecular complexity index is 1040. The molecule has 0 saturated carbocycles. The minimum atomic E-state index is -1.15. The van der Waals surface area contributed by atoms with E-state index in [0.29, 0.717) is 28.4 Å². The van der Waals surface area contributed by atoms with E-state index in [1.54, 1.807) is 66.7 Å². The number of para-hydroxylation sites is 2. The minimum Gasteiger partial charge on any atom is -0.503 e. The van der Waals surface area contributed by atoms with Crippen molar-refractivity contribution >= 4 is 17.5 Å². The quantitative estimate of drug-likeness (QED) is 0.271. The smallest absolute Gasteiger partial charge is 0.343 e. The van der Waals surface area contributed by atoms with Crippen molar-refractivity contribution < 1.29 is 28.9 Å². The maximum absolute atomic E-state index is 12.4. The molecule has 0 spiro atoms. The lowest BCUT2D eigenvalue weighted by atomic mass is 10.1. The van der Waals surface area contributed by atoms with Crippen LogP contribution in [0.15, 0.2) is 85.1 Å². The van der Waals surface area contributed by atoms with Crippen molar-refractivity contribution in [1.29, 1.82) is 0 Å². The Hall–Kier alpha value is -4.06. The summed E-state index contributed by atoms with van der Waals surface area (Å²) in [5.41, 5.74) is 0.594. The molecule has 3 aromatic rings. The molecule has 6 nitrogen and oxygen atoms in total. The number of rotatable bonds is 7. The van der Waals surface area contributed by atoms with Gasteiger partial charge in [-0.05, 0) is 36.4 Å². The van der Waals surface area contributed by atoms with Crippen LogP contribution in [0.5, 0.6) is 17.2 Å². The number of carbonyl (C=O) groups is 2. The fraction of sp³-hybridized carbons (Fsp3) is 0.0435. The maximum atomic E-state index is 12.4. The van der Waals surface area contributed by atoms with Gasteiger partial charge in [0.15, 0.2) is 0 Å². The molecule has 0 bridgehead atoms. The first kappa shape index (κ1) is 19.7. The van der Waals surface area contributed by atoms with Crippen LogP contribution in [-0.4, -0.2) is 24.2 Å². The lowest BCUT2D eigenvalue weighted by Crippen LogP contribution is -2.08. The number of hydrogen-bond donors (Lipinski definition) is 1. The molecule has 3 rings (SSSR count). The standard InChI is InChI=1S/C23H18O6/c1-27-15-20(22(24)25)19-12-5-6-13-21(19)28-18-11-7-8-16(14-18)23(26)29-17-9-3-2-4-10-17/h2-15H,1H3,(H,24,25). The summed E-state index contributed by atoms with van der Waals surface area (Å²) in [6, 6.07) is 21.9. The molecule has 0 atom stereocenters. The topological polar surface area (TPSA) is 82.1 Å². The monoisotopic (exact) mass is 390 g/mol. The van der Waals surface area contributed by atoms with Gasteiger partial charge >= 0.3 is 11.9 Å². The number of methoxy groups -OCH3 is 1. The predicted octanol–water partition coefficient (Wildman–Crippen LogP) is 4.77. The Labute approximate surface area is 167 Å². The SMILES string of the molecule is COC=C(C(=O)O)c1ccccc1Oc1cccc(C(=O)Oc2ccccc2)c1. The van der Waals surface area contributed by atoms with Gasteiger partial charge in [0.2, 0.25) is 0 Å². The summed E-state index contributed by atoms with van der Waals surface area (Å²) >= 11 is 0. The summed E-state index contributed by atoms with van der Waals surface area (Å²) in [6.07, 6.45) is 1.14. The Morgan fingerprint density at radius 1 is 0.862 bits per heavy atom. The van der Waals surface area contributed by atoms with Crippen molar-refractivity contribution in [2.24, 2.45) is 0 Å². The van der Waals surface area contributed by atoms with E-state index < -0.39 is 11.9 Å². The van der Waals surface area contributed by atoms with Crippen LogP contribution in [0.3, 0.4) is 0 Å². The largest absolute Gasteiger partial charge is 0.503 e. The third-order valence-electron chi connectivity index (χ3n) is 3.89. The third-order valence-corrected chi connectivity index (χ3v) is 3.89. The van der Waals surface area contributed by atoms with Gasteiger partial charge in [0.05, 0.1) is 18.9 Å². The molecule has 0 aromatic heterocycles. The van der Waals surface area contributed by atoms with Crippen LogP contribution in [0.25, 0.3) is 5.57 Å². The Kier molecular flexibility index (Phi) is 6.27. The summed E-state index contributed by atoms with van der Waals surface area (Å²) < 4.78 is 16.1. The molecule has 0 unspecified atom stereocenters. The number of ether oxygens (including phenoxy) is 3. The number of aliphatic carboxylic acids is 1. The van der Waals surface area contributed by atoms with Gasteiger partial charge in [0.25, 0.3) is 0 Å². The summed E-state index contributed by atoms with van der Waals surface area (Å²) in [5.74, 6) is -0.567. The molecule has 29 heavy (non-hydrogen) atoms. The van der Waals surface area contributed by atoms with Crippen LogP contribution >= 0.6 is 0 Å². The molecule has 0 amide bonds. The van der Waals surface area contributed by atoms with Gasteiger partial charge in [-0.2, -0.15) is 0 Å². The zero-order valence-electron chi connectivity index (χ0n) is 15.6. The second-order valence-corrected chi connectivity index (χ2v) is 5.90. The van der Waals surface area contributed by atoms with Crippen molar-refractivity contribution in [1.82, 2.24) is 0 Å². The Morgan fingerprint density at radius 2 is 1.55 bits per heavy atom. The third kappa shape index (κ3) is 5.01. The van der Waals surface area contributed by atoms with E-state index in [4.69, 9.17) is 14.2 Å². The highest BCUT2D eigenvalue weighted by molar-refractivity contribution is 6.15. The van der Waals surface area contributed by atoms with Gasteiger partial charge in [-0.3, -0.25) is 0 Å². The van der Waals surface area contributed by atoms with Gasteiger partial charge in [-0.15, -0.1) is 0 Å². The first-order chi connectivity index (χ1) is 14.1. The van der Waals surface area contributed by atoms with E-state index >= 15 is 0 Å². The molecule has 3 aromatic carbocycles. The van der Waals surface area contributed by atoms with Crippen molar-refractivity contribution in [2.45, 2.75) is 0 Å². The van der Waals surface area contributed by atoms with E-state index in [0.717, 1.165) is 6.26 Å². The molecule has 0 heterocycles. The molecular formula is C23H18O6. The van der Waals surface area contributed by atoms with Gasteiger partial charge in [-0.25, -0.2) is 9.59 Å². The summed E-state index contributed by atoms with van der Waals surface area (Å²) in [7, 11) is 1.37. The van der Waals surface area contributed by atoms with E-state index in [1.807, 2.05) is 6.07 Å². The van der Waals surface area contributed by atoms with E-state index in [2.05, 4.69) is 0 Å². The molecule has 0 fully saturated rings. The highest BCUT2D eigenvalue weighted by atomic mass is 16.5. The number of carboxylic acid groups (broad SMARTS) is 1. The predicted molar refractivity (Wildman–Crippen MR) is 107 cm³/mol. The summed E-state index contributed by atoms with van der Waals surface area (Å²) in [6.45, 7) is 0. The normalized spacial score (nSPS) is 10.9. The second kappa shape index (κ2) is 9.23. The highest BCUT2D eigenvalue weighted by Crippen LogP contribution is 2.31. The number of esters is 1. The fourth-order valence-corrected chi connectivity index (χ4v) is 2.59. The first-order valence-corrected chi connectivity index (χ1v) is 8.69. The van der Waals surface area contributed by atoms with Crippen molar-refractivity contribution in [3.8, 4) is 17.2 Å². The molecule has 0 saturated heterocycles. The number of benzene rings is 3. The average molecular weight is 390 g/mol. The Morgan fingerprint density at radius 3 is 2.28 bits per heavy atom. The van der Waals surface area contributed by atoms with Crippen molar-refractivity contribution in [3.05, 3.63) is 96.3 Å².